The third kappa shape index (κ3) is 10.8. The molecule has 246 valence electrons. The zero-order chi connectivity index (χ0) is 34.5. The number of rotatable bonds is 12. The number of benzene rings is 2. The highest BCUT2D eigenvalue weighted by molar-refractivity contribution is 6.14. The minimum Gasteiger partial charge on any atom is -0.465 e. The first-order valence-corrected chi connectivity index (χ1v) is 12.4. The van der Waals surface area contributed by atoms with Gasteiger partial charge in [0.1, 0.15) is 0 Å². The van der Waals surface area contributed by atoms with Crippen molar-refractivity contribution >= 4 is 47.4 Å². The van der Waals surface area contributed by atoms with Crippen LogP contribution in [0.2, 0.25) is 0 Å². The van der Waals surface area contributed by atoms with Crippen molar-refractivity contribution in [1.29, 1.82) is 0 Å². The number of ether oxygens (including phenoxy) is 4. The van der Waals surface area contributed by atoms with Crippen molar-refractivity contribution in [1.82, 2.24) is 0 Å². The predicted octanol–water partition coefficient (Wildman–Crippen LogP) is 4.91. The van der Waals surface area contributed by atoms with Crippen LogP contribution < -0.4 is 5.73 Å². The topological polar surface area (TPSA) is 161 Å². The number of ketones is 2. The van der Waals surface area contributed by atoms with E-state index in [4.69, 9.17) is 5.73 Å². The molecule has 0 bridgehead atoms. The van der Waals surface area contributed by atoms with E-state index in [0.717, 1.165) is 26.4 Å². The van der Waals surface area contributed by atoms with E-state index < -0.39 is 69.5 Å². The Hall–Kier alpha value is -4.64. The van der Waals surface area contributed by atoms with Gasteiger partial charge in [-0.15, -0.1) is 0 Å². The molecule has 0 heterocycles. The number of nitrogens with two attached hydrogens (primary N) is 1. The van der Waals surface area contributed by atoms with Crippen LogP contribution in [-0.4, -0.2) is 77.7 Å². The number of hydrogen-bond donors (Lipinski definition) is 1. The van der Waals surface area contributed by atoms with E-state index in [1.165, 1.54) is 14.2 Å². The highest BCUT2D eigenvalue weighted by Crippen LogP contribution is 2.37. The Bertz CT molecular complexity index is 1440. The molecule has 17 heteroatoms. The van der Waals surface area contributed by atoms with E-state index in [0.29, 0.717) is 18.3 Å². The fraction of sp³-hybridized carbons (Fsp3) is 0.357. The molecule has 2 aromatic carbocycles. The van der Waals surface area contributed by atoms with E-state index in [1.807, 2.05) is 0 Å². The van der Waals surface area contributed by atoms with E-state index in [-0.39, 0.29) is 43.5 Å². The minimum absolute atomic E-state index is 0.0337. The molecular weight excluding hydrogens is 622 g/mol. The molecule has 0 unspecified atom stereocenters. The van der Waals surface area contributed by atoms with Gasteiger partial charge in [0.05, 0.1) is 61.6 Å². The van der Waals surface area contributed by atoms with Gasteiger partial charge < -0.3 is 24.7 Å². The van der Waals surface area contributed by atoms with E-state index in [9.17, 15) is 50.3 Å². The number of aliphatic imine (C=N–C) groups is 1. The van der Waals surface area contributed by atoms with Gasteiger partial charge in [-0.2, -0.15) is 26.3 Å². The lowest BCUT2D eigenvalue weighted by atomic mass is 9.97. The molecule has 0 saturated carbocycles. The number of carbonyl (C=O) groups excluding carboxylic acids is 5. The molecule has 0 spiro atoms. The molecule has 0 radical (unpaired) electrons. The summed E-state index contributed by atoms with van der Waals surface area (Å²) >= 11 is 0. The SMILES string of the molecule is COCCC(=O)c1cc(C(=O)OC)c(N)cc1C(F)(F)F.COCCC(=O)c1cc(C(=O)OC)c(N=CC=O)cc1C(F)(F)F. The first-order valence-electron chi connectivity index (χ1n) is 12.4. The summed E-state index contributed by atoms with van der Waals surface area (Å²) in [6, 6.07) is 2.67. The average Bonchev–Trinajstić information content (AvgIpc) is 2.99. The molecule has 2 aromatic rings. The van der Waals surface area contributed by atoms with E-state index in [1.54, 1.807) is 0 Å². The summed E-state index contributed by atoms with van der Waals surface area (Å²) in [5.41, 5.74) is 0.191. The molecular formula is C28H28F6N2O9. The Balaban J connectivity index is 0.000000454. The number of aldehydes is 1. The molecule has 0 aliphatic carbocycles. The fourth-order valence-electron chi connectivity index (χ4n) is 3.57. The molecule has 11 nitrogen and oxygen atoms in total. The molecule has 0 aliphatic heterocycles. The van der Waals surface area contributed by atoms with Crippen LogP contribution in [0, 0.1) is 0 Å². The number of halogens is 6. The van der Waals surface area contributed by atoms with Crippen LogP contribution in [0.1, 0.15) is 65.4 Å². The van der Waals surface area contributed by atoms with Gasteiger partial charge in [0.15, 0.2) is 17.9 Å². The number of carbonyl (C=O) groups is 5. The van der Waals surface area contributed by atoms with Gasteiger partial charge in [0.25, 0.3) is 0 Å². The molecule has 0 aromatic heterocycles. The van der Waals surface area contributed by atoms with Gasteiger partial charge in [0.2, 0.25) is 0 Å². The predicted molar refractivity (Wildman–Crippen MR) is 146 cm³/mol. The number of Topliss-reactive ketones (excluding diaryl/α,β-unsaturated/α-hetero) is 2. The van der Waals surface area contributed by atoms with Crippen LogP contribution in [-0.2, 0) is 36.1 Å². The third-order valence-electron chi connectivity index (χ3n) is 5.69. The van der Waals surface area contributed by atoms with Crippen molar-refractivity contribution < 1.29 is 69.3 Å². The number of hydrogen-bond acceptors (Lipinski definition) is 11. The fourth-order valence-corrected chi connectivity index (χ4v) is 3.57. The summed E-state index contributed by atoms with van der Waals surface area (Å²) in [5.74, 6) is -3.54. The second kappa shape index (κ2) is 17.0. The molecule has 0 aliphatic rings. The summed E-state index contributed by atoms with van der Waals surface area (Å²) in [7, 11) is 4.71. The summed E-state index contributed by atoms with van der Waals surface area (Å²) in [6.45, 7) is -0.108. The third-order valence-corrected chi connectivity index (χ3v) is 5.69. The summed E-state index contributed by atoms with van der Waals surface area (Å²) in [6.07, 6.45) is -9.22. The monoisotopic (exact) mass is 650 g/mol. The molecule has 0 saturated heterocycles. The summed E-state index contributed by atoms with van der Waals surface area (Å²) < 4.78 is 96.8. The first kappa shape index (κ1) is 38.4. The van der Waals surface area contributed by atoms with Crippen molar-refractivity contribution in [3.63, 3.8) is 0 Å². The number of methoxy groups -OCH3 is 4. The van der Waals surface area contributed by atoms with E-state index >= 15 is 0 Å². The van der Waals surface area contributed by atoms with Gasteiger partial charge in [-0.3, -0.25) is 19.4 Å². The number of anilines is 1. The highest BCUT2D eigenvalue weighted by atomic mass is 19.4. The average molecular weight is 651 g/mol. The van der Waals surface area contributed by atoms with Gasteiger partial charge in [-0.05, 0) is 24.3 Å². The van der Waals surface area contributed by atoms with Crippen LogP contribution >= 0.6 is 0 Å². The van der Waals surface area contributed by atoms with Gasteiger partial charge in [-0.25, -0.2) is 9.59 Å². The van der Waals surface area contributed by atoms with Crippen LogP contribution in [0.4, 0.5) is 37.7 Å². The maximum absolute atomic E-state index is 13.2. The standard InChI is InChI=1S/C15H14F3NO5.C13H14F3NO4/c1-23-6-3-13(21)9-7-10(14(22)24-2)12(19-4-5-20)8-11(9)15(16,17)18;1-20-4-3-11(18)7-5-8(12(19)21-2)10(17)6-9(7)13(14,15)16/h4-5,7-8H,3,6H2,1-2H3;5-6H,3-4,17H2,1-2H3. The van der Waals surface area contributed by atoms with Gasteiger partial charge in [-0.1, -0.05) is 0 Å². The van der Waals surface area contributed by atoms with Crippen LogP contribution in [0.15, 0.2) is 29.3 Å². The van der Waals surface area contributed by atoms with Gasteiger partial charge in [0, 0.05) is 43.9 Å². The summed E-state index contributed by atoms with van der Waals surface area (Å²) in [5, 5.41) is 0. The normalized spacial score (nSPS) is 11.4. The zero-order valence-corrected chi connectivity index (χ0v) is 24.3. The lowest BCUT2D eigenvalue weighted by Crippen LogP contribution is -2.17. The van der Waals surface area contributed by atoms with Crippen molar-refractivity contribution in [3.05, 3.63) is 57.6 Å². The van der Waals surface area contributed by atoms with Crippen molar-refractivity contribution in [2.24, 2.45) is 4.99 Å². The van der Waals surface area contributed by atoms with E-state index in [2.05, 4.69) is 23.9 Å². The Morgan fingerprint density at radius 1 is 0.711 bits per heavy atom. The number of alkyl halides is 6. The maximum atomic E-state index is 13.2. The minimum atomic E-state index is -4.85. The number of nitrogen functional groups attached to an aromatic ring is 1. The Morgan fingerprint density at radius 2 is 1.13 bits per heavy atom. The lowest BCUT2D eigenvalue weighted by molar-refractivity contribution is -0.138. The Kier molecular flexibility index (Phi) is 14.5. The molecule has 0 atom stereocenters. The molecule has 45 heavy (non-hydrogen) atoms. The number of nitrogens with zero attached hydrogens (tertiary/aromatic N) is 1. The van der Waals surface area contributed by atoms with Crippen molar-refractivity contribution in [2.75, 3.05) is 47.4 Å². The van der Waals surface area contributed by atoms with Crippen molar-refractivity contribution in [2.45, 2.75) is 25.2 Å². The Morgan fingerprint density at radius 3 is 1.53 bits per heavy atom. The molecule has 2 rings (SSSR count). The highest BCUT2D eigenvalue weighted by Gasteiger charge is 2.38. The van der Waals surface area contributed by atoms with Crippen LogP contribution in [0.3, 0.4) is 0 Å². The molecule has 2 N–H and O–H groups in total. The second-order valence-electron chi connectivity index (χ2n) is 8.62. The molecule has 0 amide bonds. The maximum Gasteiger partial charge on any atom is 0.417 e. The summed E-state index contributed by atoms with van der Waals surface area (Å²) in [4.78, 5) is 61.0. The van der Waals surface area contributed by atoms with Crippen LogP contribution in [0.25, 0.3) is 0 Å². The lowest BCUT2D eigenvalue weighted by Gasteiger charge is -2.15. The van der Waals surface area contributed by atoms with Gasteiger partial charge >= 0.3 is 24.3 Å². The largest absolute Gasteiger partial charge is 0.465 e. The zero-order valence-electron chi connectivity index (χ0n) is 24.3. The quantitative estimate of drug-likeness (QED) is 0.0835. The Labute approximate surface area is 252 Å². The first-order chi connectivity index (χ1) is 21.0. The number of esters is 2. The molecule has 0 fully saturated rings. The van der Waals surface area contributed by atoms with Crippen LogP contribution in [0.5, 0.6) is 0 Å². The second-order valence-corrected chi connectivity index (χ2v) is 8.62. The smallest absolute Gasteiger partial charge is 0.417 e. The van der Waals surface area contributed by atoms with Crippen molar-refractivity contribution in [3.8, 4) is 0 Å².